The quantitative estimate of drug-likeness (QED) is 0.553. The number of hydrogen-bond acceptors (Lipinski definition) is 1. The molecule has 0 amide bonds. The van der Waals surface area contributed by atoms with Gasteiger partial charge in [-0.15, -0.1) is 18.2 Å². The van der Waals surface area contributed by atoms with Crippen LogP contribution in [0.5, 0.6) is 0 Å². The minimum absolute atomic E-state index is 0.995. The number of terminal acetylenes is 1. The zero-order valence-corrected chi connectivity index (χ0v) is 6.34. The highest BCUT2D eigenvalue weighted by Crippen LogP contribution is 2.16. The molecule has 0 heterocycles. The highest BCUT2D eigenvalue weighted by Gasteiger charge is 1.78. The summed E-state index contributed by atoms with van der Waals surface area (Å²) in [6.07, 6.45) is 8.56. The summed E-state index contributed by atoms with van der Waals surface area (Å²) in [6.45, 7) is 0. The maximum absolute atomic E-state index is 4.94. The van der Waals surface area contributed by atoms with E-state index in [1.807, 2.05) is 6.26 Å². The largest absolute Gasteiger partial charge is 0.121 e. The van der Waals surface area contributed by atoms with Crippen LogP contribution in [0.15, 0.2) is 9.89 Å². The molecule has 0 aliphatic carbocycles. The summed E-state index contributed by atoms with van der Waals surface area (Å²) in [5.41, 5.74) is 0. The van der Waals surface area contributed by atoms with E-state index in [1.54, 1.807) is 17.8 Å². The van der Waals surface area contributed by atoms with Crippen LogP contribution in [-0.2, 0) is 0 Å². The Morgan fingerprint density at radius 2 is 2.57 bits per heavy atom. The molecule has 0 saturated heterocycles. The van der Waals surface area contributed by atoms with E-state index in [0.717, 1.165) is 3.81 Å². The fourth-order valence-electron chi connectivity index (χ4n) is 0.124. The molecule has 0 fully saturated rings. The van der Waals surface area contributed by atoms with Crippen LogP contribution in [0.3, 0.4) is 0 Å². The average molecular weight is 177 g/mol. The van der Waals surface area contributed by atoms with E-state index in [2.05, 4.69) is 21.9 Å². The first-order valence-electron chi connectivity index (χ1n) is 1.67. The van der Waals surface area contributed by atoms with Gasteiger partial charge in [0.2, 0.25) is 0 Å². The molecule has 0 saturated carbocycles. The molecule has 0 atom stereocenters. The first-order chi connectivity index (χ1) is 3.31. The lowest BCUT2D eigenvalue weighted by Gasteiger charge is -1.81. The van der Waals surface area contributed by atoms with Crippen LogP contribution in [0.4, 0.5) is 0 Å². The molecular formula is C5H5BrS. The minimum atomic E-state index is 0.995. The number of halogens is 1. The lowest BCUT2D eigenvalue weighted by atomic mass is 10.7. The van der Waals surface area contributed by atoms with Crippen molar-refractivity contribution in [1.29, 1.82) is 0 Å². The molecular weight excluding hydrogens is 172 g/mol. The molecule has 0 radical (unpaired) electrons. The molecule has 0 aromatic rings. The molecule has 0 nitrogen and oxygen atoms in total. The monoisotopic (exact) mass is 176 g/mol. The van der Waals surface area contributed by atoms with Crippen LogP contribution in [0.1, 0.15) is 0 Å². The number of allylic oxidation sites excluding steroid dienone is 1. The van der Waals surface area contributed by atoms with Gasteiger partial charge < -0.3 is 0 Å². The lowest BCUT2D eigenvalue weighted by Crippen LogP contribution is -1.52. The zero-order chi connectivity index (χ0) is 5.70. The molecule has 0 N–H and O–H groups in total. The first-order valence-corrected chi connectivity index (χ1v) is 3.69. The van der Waals surface area contributed by atoms with Crippen LogP contribution in [0, 0.1) is 12.3 Å². The van der Waals surface area contributed by atoms with Gasteiger partial charge in [-0.25, -0.2) is 0 Å². The predicted molar refractivity (Wildman–Crippen MR) is 39.4 cm³/mol. The van der Waals surface area contributed by atoms with E-state index in [9.17, 15) is 0 Å². The van der Waals surface area contributed by atoms with Crippen molar-refractivity contribution in [3.63, 3.8) is 0 Å². The Morgan fingerprint density at radius 3 is 2.71 bits per heavy atom. The average Bonchev–Trinajstić information content (AvgIpc) is 1.68. The summed E-state index contributed by atoms with van der Waals surface area (Å²) in [4.78, 5) is 0. The second-order valence-electron chi connectivity index (χ2n) is 0.819. The van der Waals surface area contributed by atoms with Gasteiger partial charge in [-0.2, -0.15) is 0 Å². The third-order valence-electron chi connectivity index (χ3n) is 0.392. The number of hydrogen-bond donors (Lipinski definition) is 0. The van der Waals surface area contributed by atoms with E-state index < -0.39 is 0 Å². The van der Waals surface area contributed by atoms with Crippen molar-refractivity contribution in [1.82, 2.24) is 0 Å². The van der Waals surface area contributed by atoms with Crippen molar-refractivity contribution < 1.29 is 0 Å². The Balaban J connectivity index is 3.56. The second-order valence-corrected chi connectivity index (χ2v) is 3.05. The smallest absolute Gasteiger partial charge is 0.0583 e. The van der Waals surface area contributed by atoms with Crippen LogP contribution in [-0.4, -0.2) is 6.26 Å². The third-order valence-corrected chi connectivity index (χ3v) is 2.10. The Morgan fingerprint density at radius 1 is 2.00 bits per heavy atom. The fraction of sp³-hybridized carbons (Fsp3) is 0.200. The van der Waals surface area contributed by atoms with Crippen molar-refractivity contribution in [2.75, 3.05) is 6.26 Å². The topological polar surface area (TPSA) is 0 Å². The highest BCUT2D eigenvalue weighted by molar-refractivity contribution is 9.14. The van der Waals surface area contributed by atoms with Crippen molar-refractivity contribution in [3.8, 4) is 12.3 Å². The summed E-state index contributed by atoms with van der Waals surface area (Å²) in [6, 6.07) is 0. The van der Waals surface area contributed by atoms with E-state index >= 15 is 0 Å². The maximum Gasteiger partial charge on any atom is 0.0583 e. The molecule has 0 unspecified atom stereocenters. The van der Waals surface area contributed by atoms with Crippen molar-refractivity contribution in [2.24, 2.45) is 0 Å². The summed E-state index contributed by atoms with van der Waals surface area (Å²) >= 11 is 4.80. The summed E-state index contributed by atoms with van der Waals surface area (Å²) in [5.74, 6) is 2.39. The Kier molecular flexibility index (Phi) is 4.37. The molecule has 0 aliphatic rings. The van der Waals surface area contributed by atoms with Crippen LogP contribution >= 0.6 is 27.7 Å². The third kappa shape index (κ3) is 3.97. The van der Waals surface area contributed by atoms with E-state index in [-0.39, 0.29) is 0 Å². The molecule has 2 heteroatoms. The number of rotatable bonds is 1. The maximum atomic E-state index is 4.94. The van der Waals surface area contributed by atoms with E-state index in [0.29, 0.717) is 0 Å². The number of thioether (sulfide) groups is 1. The van der Waals surface area contributed by atoms with Gasteiger partial charge in [-0.05, 0) is 22.2 Å². The van der Waals surface area contributed by atoms with Crippen molar-refractivity contribution in [3.05, 3.63) is 9.89 Å². The van der Waals surface area contributed by atoms with Gasteiger partial charge in [-0.3, -0.25) is 0 Å². The predicted octanol–water partition coefficient (Wildman–Crippen LogP) is 2.22. The van der Waals surface area contributed by atoms with E-state index in [4.69, 9.17) is 6.42 Å². The van der Waals surface area contributed by atoms with Crippen molar-refractivity contribution in [2.45, 2.75) is 0 Å². The molecule has 38 valence electrons. The standard InChI is InChI=1S/C5H5BrS/c1-3-4-5(6)7-2/h1,4H,2H3/b5-4-. The molecule has 0 aliphatic heterocycles. The van der Waals surface area contributed by atoms with Crippen LogP contribution in [0.2, 0.25) is 0 Å². The Hall–Kier alpha value is 0.130. The fourth-order valence-corrected chi connectivity index (χ4v) is 0.443. The van der Waals surface area contributed by atoms with Gasteiger partial charge in [0.1, 0.15) is 0 Å². The van der Waals surface area contributed by atoms with Gasteiger partial charge in [0.05, 0.1) is 3.81 Å². The lowest BCUT2D eigenvalue weighted by molar-refractivity contribution is 2.23. The van der Waals surface area contributed by atoms with E-state index in [1.165, 1.54) is 0 Å². The molecule has 0 aromatic heterocycles. The second kappa shape index (κ2) is 4.29. The molecule has 7 heavy (non-hydrogen) atoms. The minimum Gasteiger partial charge on any atom is -0.121 e. The SMILES string of the molecule is C#C/C=C(/Br)SC. The highest BCUT2D eigenvalue weighted by atomic mass is 79.9. The van der Waals surface area contributed by atoms with Crippen molar-refractivity contribution >= 4 is 27.7 Å². The summed E-state index contributed by atoms with van der Waals surface area (Å²) in [7, 11) is 0. The van der Waals surface area contributed by atoms with Crippen LogP contribution < -0.4 is 0 Å². The molecule has 0 rings (SSSR count). The zero-order valence-electron chi connectivity index (χ0n) is 3.94. The normalized spacial score (nSPS) is 10.7. The Bertz CT molecular complexity index is 110. The molecule has 0 bridgehead atoms. The molecule has 0 aromatic carbocycles. The summed E-state index contributed by atoms with van der Waals surface area (Å²) in [5, 5.41) is 0. The molecule has 0 spiro atoms. The Labute approximate surface area is 56.5 Å². The van der Waals surface area contributed by atoms with Gasteiger partial charge in [0.25, 0.3) is 0 Å². The van der Waals surface area contributed by atoms with Gasteiger partial charge in [0.15, 0.2) is 0 Å². The summed E-state index contributed by atoms with van der Waals surface area (Å²) < 4.78 is 0.995. The van der Waals surface area contributed by atoms with Crippen LogP contribution in [0.25, 0.3) is 0 Å². The van der Waals surface area contributed by atoms with Gasteiger partial charge >= 0.3 is 0 Å². The van der Waals surface area contributed by atoms with Gasteiger partial charge in [0, 0.05) is 6.08 Å². The van der Waals surface area contributed by atoms with Gasteiger partial charge in [-0.1, -0.05) is 5.92 Å². The first kappa shape index (κ1) is 7.13.